The van der Waals surface area contributed by atoms with Crippen molar-refractivity contribution in [2.45, 2.75) is 13.0 Å². The number of anilines is 1. The molecule has 1 amide bonds. The van der Waals surface area contributed by atoms with Crippen LogP contribution in [0.4, 0.5) is 5.82 Å². The lowest BCUT2D eigenvalue weighted by molar-refractivity contribution is -0.123. The molecule has 24 heavy (non-hydrogen) atoms. The van der Waals surface area contributed by atoms with Crippen molar-refractivity contribution in [3.63, 3.8) is 0 Å². The average Bonchev–Trinajstić information content (AvgIpc) is 2.57. The molecule has 2 rings (SSSR count). The molecule has 2 N–H and O–H groups in total. The maximum absolute atomic E-state index is 12.1. The van der Waals surface area contributed by atoms with Crippen LogP contribution in [0.2, 0.25) is 5.02 Å². The van der Waals surface area contributed by atoms with Crippen LogP contribution in [0.15, 0.2) is 36.5 Å². The Bertz CT molecular complexity index is 749. The van der Waals surface area contributed by atoms with E-state index >= 15 is 0 Å². The van der Waals surface area contributed by atoms with E-state index in [1.807, 2.05) is 0 Å². The first-order valence-electron chi connectivity index (χ1n) is 6.91. The van der Waals surface area contributed by atoms with Gasteiger partial charge in [0.25, 0.3) is 5.91 Å². The molecule has 0 saturated heterocycles. The van der Waals surface area contributed by atoms with Crippen LogP contribution in [-0.2, 0) is 9.53 Å². The summed E-state index contributed by atoms with van der Waals surface area (Å²) in [7, 11) is 1.43. The Morgan fingerprint density at radius 2 is 2.04 bits per heavy atom. The molecule has 2 aromatic rings. The van der Waals surface area contributed by atoms with E-state index in [0.29, 0.717) is 10.8 Å². The summed E-state index contributed by atoms with van der Waals surface area (Å²) in [6.45, 7) is 1.40. The second-order valence-electron chi connectivity index (χ2n) is 4.78. The number of carbonyl (C=O) groups excluding carboxylic acids is 2. The lowest BCUT2D eigenvalue weighted by Crippen LogP contribution is -2.30. The molecule has 0 unspecified atom stereocenters. The van der Waals surface area contributed by atoms with Crippen LogP contribution in [0.3, 0.4) is 0 Å². The first-order chi connectivity index (χ1) is 11.4. The standard InChI is InChI=1S/C16H15ClN2O5/c1-9(15(21)19-14-6-3-10(17)8-18-14)24-16(22)12-7-11(23-2)4-5-13(12)20/h3-9,20H,1-2H3,(H,18,19,21)/t9-/m1/s1. The monoisotopic (exact) mass is 350 g/mol. The third-order valence-corrected chi connectivity index (χ3v) is 3.28. The first kappa shape index (κ1) is 17.6. The number of hydrogen-bond acceptors (Lipinski definition) is 6. The van der Waals surface area contributed by atoms with Crippen molar-refractivity contribution in [2.75, 3.05) is 12.4 Å². The number of methoxy groups -OCH3 is 1. The van der Waals surface area contributed by atoms with Gasteiger partial charge in [-0.2, -0.15) is 0 Å². The maximum Gasteiger partial charge on any atom is 0.342 e. The summed E-state index contributed by atoms with van der Waals surface area (Å²) in [6.07, 6.45) is 0.280. The van der Waals surface area contributed by atoms with Crippen LogP contribution >= 0.6 is 11.6 Å². The number of ether oxygens (including phenoxy) is 2. The van der Waals surface area contributed by atoms with Gasteiger partial charge in [0.05, 0.1) is 12.1 Å². The van der Waals surface area contributed by atoms with E-state index < -0.39 is 18.0 Å². The van der Waals surface area contributed by atoms with Gasteiger partial charge in [0, 0.05) is 6.20 Å². The zero-order valence-electron chi connectivity index (χ0n) is 12.9. The number of aromatic nitrogens is 1. The number of pyridine rings is 1. The summed E-state index contributed by atoms with van der Waals surface area (Å²) >= 11 is 5.71. The number of rotatable bonds is 5. The molecule has 1 atom stereocenters. The number of hydrogen-bond donors (Lipinski definition) is 2. The Morgan fingerprint density at radius 1 is 1.29 bits per heavy atom. The van der Waals surface area contributed by atoms with Crippen molar-refractivity contribution < 1.29 is 24.2 Å². The Labute approximate surface area is 143 Å². The second-order valence-corrected chi connectivity index (χ2v) is 5.22. The smallest absolute Gasteiger partial charge is 0.342 e. The Morgan fingerprint density at radius 3 is 2.67 bits per heavy atom. The van der Waals surface area contributed by atoms with Gasteiger partial charge in [-0.15, -0.1) is 0 Å². The fourth-order valence-corrected chi connectivity index (χ4v) is 1.87. The highest BCUT2D eigenvalue weighted by atomic mass is 35.5. The highest BCUT2D eigenvalue weighted by molar-refractivity contribution is 6.30. The van der Waals surface area contributed by atoms with Crippen LogP contribution in [0.1, 0.15) is 17.3 Å². The van der Waals surface area contributed by atoms with Crippen molar-refractivity contribution in [2.24, 2.45) is 0 Å². The molecular formula is C16H15ClN2O5. The van der Waals surface area contributed by atoms with Crippen molar-refractivity contribution >= 4 is 29.3 Å². The molecule has 7 nitrogen and oxygen atoms in total. The molecule has 1 aromatic carbocycles. The number of benzene rings is 1. The Kier molecular flexibility index (Phi) is 5.59. The number of carbonyl (C=O) groups is 2. The lowest BCUT2D eigenvalue weighted by atomic mass is 10.2. The fourth-order valence-electron chi connectivity index (χ4n) is 1.76. The number of nitrogens with one attached hydrogen (secondary N) is 1. The van der Waals surface area contributed by atoms with E-state index in [2.05, 4.69) is 10.3 Å². The van der Waals surface area contributed by atoms with Gasteiger partial charge in [-0.1, -0.05) is 11.6 Å². The van der Waals surface area contributed by atoms with Gasteiger partial charge in [0.15, 0.2) is 6.10 Å². The Hall–Kier alpha value is -2.80. The van der Waals surface area contributed by atoms with Gasteiger partial charge in [0.1, 0.15) is 22.9 Å². The molecule has 0 spiro atoms. The van der Waals surface area contributed by atoms with Crippen molar-refractivity contribution in [3.05, 3.63) is 47.1 Å². The SMILES string of the molecule is COc1ccc(O)c(C(=O)O[C@H](C)C(=O)Nc2ccc(Cl)cn2)c1. The van der Waals surface area contributed by atoms with Gasteiger partial charge in [-0.05, 0) is 37.3 Å². The molecule has 126 valence electrons. The number of phenols is 1. The predicted octanol–water partition coefficient (Wildman–Crippen LogP) is 2.63. The summed E-state index contributed by atoms with van der Waals surface area (Å²) in [6, 6.07) is 7.20. The summed E-state index contributed by atoms with van der Waals surface area (Å²) in [5.74, 6) is -1.04. The van der Waals surface area contributed by atoms with Crippen LogP contribution in [0, 0.1) is 0 Å². The molecule has 1 heterocycles. The topological polar surface area (TPSA) is 97.8 Å². The Balaban J connectivity index is 2.02. The fraction of sp³-hybridized carbons (Fsp3) is 0.188. The summed E-state index contributed by atoms with van der Waals surface area (Å²) in [5.41, 5.74) is -0.0985. The van der Waals surface area contributed by atoms with E-state index in [1.54, 1.807) is 6.07 Å². The van der Waals surface area contributed by atoms with Crippen molar-refractivity contribution in [1.82, 2.24) is 4.98 Å². The van der Waals surface area contributed by atoms with Crippen LogP contribution < -0.4 is 10.1 Å². The zero-order chi connectivity index (χ0) is 17.7. The minimum atomic E-state index is -1.10. The maximum atomic E-state index is 12.1. The number of phenolic OH excluding ortho intramolecular Hbond substituents is 1. The first-order valence-corrected chi connectivity index (χ1v) is 7.29. The predicted molar refractivity (Wildman–Crippen MR) is 87.4 cm³/mol. The van der Waals surface area contributed by atoms with Crippen molar-refractivity contribution in [1.29, 1.82) is 0 Å². The second kappa shape index (κ2) is 7.65. The molecule has 0 aliphatic rings. The van der Waals surface area contributed by atoms with Crippen LogP contribution in [-0.4, -0.2) is 35.2 Å². The zero-order valence-corrected chi connectivity index (χ0v) is 13.7. The van der Waals surface area contributed by atoms with Crippen LogP contribution in [0.25, 0.3) is 0 Å². The molecule has 0 saturated carbocycles. The molecule has 8 heteroatoms. The van der Waals surface area contributed by atoms with Crippen LogP contribution in [0.5, 0.6) is 11.5 Å². The van der Waals surface area contributed by atoms with Crippen molar-refractivity contribution in [3.8, 4) is 11.5 Å². The third kappa shape index (κ3) is 4.36. The van der Waals surface area contributed by atoms with Gasteiger partial charge in [-0.25, -0.2) is 9.78 Å². The molecule has 1 aromatic heterocycles. The van der Waals surface area contributed by atoms with Gasteiger partial charge >= 0.3 is 5.97 Å². The van der Waals surface area contributed by atoms with Gasteiger partial charge < -0.3 is 19.9 Å². The number of amides is 1. The molecule has 0 radical (unpaired) electrons. The largest absolute Gasteiger partial charge is 0.507 e. The number of halogens is 1. The molecule has 0 bridgehead atoms. The highest BCUT2D eigenvalue weighted by Gasteiger charge is 2.21. The van der Waals surface area contributed by atoms with Gasteiger partial charge in [0.2, 0.25) is 0 Å². The number of aromatic hydroxyl groups is 1. The molecule has 0 aliphatic heterocycles. The molecular weight excluding hydrogens is 336 g/mol. The molecule has 0 aliphatic carbocycles. The lowest BCUT2D eigenvalue weighted by Gasteiger charge is -2.14. The van der Waals surface area contributed by atoms with Gasteiger partial charge in [-0.3, -0.25) is 4.79 Å². The molecule has 0 fully saturated rings. The minimum Gasteiger partial charge on any atom is -0.507 e. The van der Waals surface area contributed by atoms with E-state index in [-0.39, 0.29) is 17.1 Å². The van der Waals surface area contributed by atoms with E-state index in [0.717, 1.165) is 0 Å². The minimum absolute atomic E-state index is 0.0985. The highest BCUT2D eigenvalue weighted by Crippen LogP contribution is 2.24. The third-order valence-electron chi connectivity index (χ3n) is 3.06. The normalized spacial score (nSPS) is 11.5. The quantitative estimate of drug-likeness (QED) is 0.804. The average molecular weight is 351 g/mol. The number of nitrogens with zero attached hydrogens (tertiary/aromatic N) is 1. The summed E-state index contributed by atoms with van der Waals surface area (Å²) < 4.78 is 10.0. The van der Waals surface area contributed by atoms with E-state index in [1.165, 1.54) is 44.5 Å². The van der Waals surface area contributed by atoms with E-state index in [4.69, 9.17) is 21.1 Å². The summed E-state index contributed by atoms with van der Waals surface area (Å²) in [4.78, 5) is 28.0. The van der Waals surface area contributed by atoms with E-state index in [9.17, 15) is 14.7 Å². The number of esters is 1. The summed E-state index contributed by atoms with van der Waals surface area (Å²) in [5, 5.41) is 12.7.